The lowest BCUT2D eigenvalue weighted by atomic mass is 9.97. The molecule has 0 aliphatic carbocycles. The molecule has 3 rings (SSSR count). The summed E-state index contributed by atoms with van der Waals surface area (Å²) >= 11 is 0. The zero-order chi connectivity index (χ0) is 31.1. The lowest BCUT2D eigenvalue weighted by molar-refractivity contribution is -0.134. The highest BCUT2D eigenvalue weighted by atomic mass is 16.2. The van der Waals surface area contributed by atoms with Gasteiger partial charge in [-0.15, -0.1) is 0 Å². The maximum atomic E-state index is 13.6. The largest absolute Gasteiger partial charge is 0.355 e. The van der Waals surface area contributed by atoms with Crippen molar-refractivity contribution in [3.8, 4) is 0 Å². The highest BCUT2D eigenvalue weighted by molar-refractivity contribution is 5.95. The molecule has 43 heavy (non-hydrogen) atoms. The van der Waals surface area contributed by atoms with E-state index in [0.29, 0.717) is 32.4 Å². The van der Waals surface area contributed by atoms with Crippen molar-refractivity contribution in [2.45, 2.75) is 71.5 Å². The van der Waals surface area contributed by atoms with Crippen LogP contribution in [0.1, 0.15) is 56.7 Å². The van der Waals surface area contributed by atoms with Crippen LogP contribution >= 0.6 is 0 Å². The molecule has 0 radical (unpaired) electrons. The Morgan fingerprint density at radius 2 is 1.14 bits per heavy atom. The molecule has 4 amide bonds. The van der Waals surface area contributed by atoms with E-state index in [9.17, 15) is 19.2 Å². The molecule has 4 N–H and O–H groups in total. The first-order valence-corrected chi connectivity index (χ1v) is 14.8. The van der Waals surface area contributed by atoms with Crippen molar-refractivity contribution in [2.75, 3.05) is 6.54 Å². The average molecular weight is 585 g/mol. The third kappa shape index (κ3) is 12.9. The second-order valence-corrected chi connectivity index (χ2v) is 11.9. The summed E-state index contributed by atoms with van der Waals surface area (Å²) in [5.41, 5.74) is 2.82. The smallest absolute Gasteiger partial charge is 0.243 e. The van der Waals surface area contributed by atoms with Crippen molar-refractivity contribution in [1.29, 1.82) is 0 Å². The zero-order valence-electron chi connectivity index (χ0n) is 25.4. The van der Waals surface area contributed by atoms with Gasteiger partial charge in [0.25, 0.3) is 0 Å². The second kappa shape index (κ2) is 16.9. The Labute approximate surface area is 255 Å². The standard InChI is InChI=1S/C35H44N4O4/c1-35(2,3)25-37-32(41)23-30(38-31(40)22-20-27-15-9-5-10-16-27)34(43)39-29(21-19-26-13-7-4-8-14-26)33(42)36-24-28-17-11-6-12-18-28/h4-18,29-30H,19-25H2,1-3H3,(H,36,42)(H,37,41)(H,38,40)(H,39,43)/t29-,30-/m0/s1. The Morgan fingerprint density at radius 3 is 1.70 bits per heavy atom. The maximum Gasteiger partial charge on any atom is 0.243 e. The number of carbonyl (C=O) groups excluding carboxylic acids is 4. The van der Waals surface area contributed by atoms with Gasteiger partial charge >= 0.3 is 0 Å². The van der Waals surface area contributed by atoms with Gasteiger partial charge in [0.05, 0.1) is 6.42 Å². The zero-order valence-corrected chi connectivity index (χ0v) is 25.4. The minimum absolute atomic E-state index is 0.147. The molecular formula is C35H44N4O4. The molecule has 0 unspecified atom stereocenters. The number of aryl methyl sites for hydroxylation is 2. The highest BCUT2D eigenvalue weighted by Gasteiger charge is 2.29. The predicted octanol–water partition coefficient (Wildman–Crippen LogP) is 4.09. The van der Waals surface area contributed by atoms with Crippen LogP contribution in [0.5, 0.6) is 0 Å². The SMILES string of the molecule is CC(C)(C)CNC(=O)C[C@H](NC(=O)CCc1ccccc1)C(=O)N[C@@H](CCc1ccccc1)C(=O)NCc1ccccc1. The quantitative estimate of drug-likeness (QED) is 0.215. The van der Waals surface area contributed by atoms with Crippen molar-refractivity contribution in [3.05, 3.63) is 108 Å². The molecule has 3 aromatic carbocycles. The van der Waals surface area contributed by atoms with E-state index in [1.54, 1.807) is 0 Å². The van der Waals surface area contributed by atoms with E-state index in [2.05, 4.69) is 21.3 Å². The van der Waals surface area contributed by atoms with Gasteiger partial charge in [0.1, 0.15) is 12.1 Å². The monoisotopic (exact) mass is 584 g/mol. The van der Waals surface area contributed by atoms with Crippen molar-refractivity contribution < 1.29 is 19.2 Å². The van der Waals surface area contributed by atoms with Gasteiger partial charge in [-0.3, -0.25) is 19.2 Å². The summed E-state index contributed by atoms with van der Waals surface area (Å²) in [6.45, 7) is 6.71. The fourth-order valence-corrected chi connectivity index (χ4v) is 4.40. The lowest BCUT2D eigenvalue weighted by Gasteiger charge is -2.24. The van der Waals surface area contributed by atoms with Crippen LogP contribution in [0.25, 0.3) is 0 Å². The van der Waals surface area contributed by atoms with Gasteiger partial charge in [-0.1, -0.05) is 112 Å². The Hall–Kier alpha value is -4.46. The van der Waals surface area contributed by atoms with Crippen LogP contribution in [0.2, 0.25) is 0 Å². The number of nitrogens with one attached hydrogen (secondary N) is 4. The van der Waals surface area contributed by atoms with E-state index in [0.717, 1.165) is 16.7 Å². The average Bonchev–Trinajstić information content (AvgIpc) is 3.00. The van der Waals surface area contributed by atoms with Gasteiger partial charge in [-0.25, -0.2) is 0 Å². The summed E-state index contributed by atoms with van der Waals surface area (Å²) in [6.07, 6.45) is 1.33. The van der Waals surface area contributed by atoms with Crippen molar-refractivity contribution in [1.82, 2.24) is 21.3 Å². The summed E-state index contributed by atoms with van der Waals surface area (Å²) in [7, 11) is 0. The molecule has 0 saturated heterocycles. The van der Waals surface area contributed by atoms with Crippen LogP contribution < -0.4 is 21.3 Å². The maximum absolute atomic E-state index is 13.6. The molecule has 8 nitrogen and oxygen atoms in total. The topological polar surface area (TPSA) is 116 Å². The Balaban J connectivity index is 1.71. The normalized spacial score (nSPS) is 12.4. The molecule has 0 bridgehead atoms. The molecule has 228 valence electrons. The van der Waals surface area contributed by atoms with E-state index in [1.807, 2.05) is 112 Å². The summed E-state index contributed by atoms with van der Waals surface area (Å²) < 4.78 is 0. The molecule has 8 heteroatoms. The minimum atomic E-state index is -1.13. The molecule has 3 aromatic rings. The molecule has 0 spiro atoms. The molecule has 0 heterocycles. The van der Waals surface area contributed by atoms with Gasteiger partial charge in [-0.2, -0.15) is 0 Å². The third-order valence-corrected chi connectivity index (χ3v) is 6.85. The van der Waals surface area contributed by atoms with Gasteiger partial charge in [0.2, 0.25) is 23.6 Å². The van der Waals surface area contributed by atoms with Crippen molar-refractivity contribution in [2.24, 2.45) is 5.41 Å². The number of hydrogen-bond acceptors (Lipinski definition) is 4. The number of carbonyl (C=O) groups is 4. The van der Waals surface area contributed by atoms with Gasteiger partial charge in [0, 0.05) is 19.5 Å². The lowest BCUT2D eigenvalue weighted by Crippen LogP contribution is -2.55. The molecule has 0 aromatic heterocycles. The first-order chi connectivity index (χ1) is 20.6. The number of hydrogen-bond donors (Lipinski definition) is 4. The summed E-state index contributed by atoms with van der Waals surface area (Å²) in [5.74, 6) is -1.61. The molecule has 0 aliphatic heterocycles. The first kappa shape index (κ1) is 33.0. The van der Waals surface area contributed by atoms with Crippen LogP contribution in [0.3, 0.4) is 0 Å². The Bertz CT molecular complexity index is 1310. The third-order valence-electron chi connectivity index (χ3n) is 6.85. The highest BCUT2D eigenvalue weighted by Crippen LogP contribution is 2.11. The molecule has 0 aliphatic rings. The summed E-state index contributed by atoms with van der Waals surface area (Å²) in [6, 6.07) is 26.8. The van der Waals surface area contributed by atoms with E-state index in [1.165, 1.54) is 0 Å². The van der Waals surface area contributed by atoms with E-state index < -0.39 is 18.0 Å². The van der Waals surface area contributed by atoms with Crippen molar-refractivity contribution >= 4 is 23.6 Å². The fraction of sp³-hybridized carbons (Fsp3) is 0.371. The molecule has 2 atom stereocenters. The Morgan fingerprint density at radius 1 is 0.605 bits per heavy atom. The van der Waals surface area contributed by atoms with Crippen LogP contribution in [0, 0.1) is 5.41 Å². The van der Waals surface area contributed by atoms with Crippen LogP contribution in [-0.4, -0.2) is 42.3 Å². The number of amides is 4. The molecule has 0 fully saturated rings. The van der Waals surface area contributed by atoms with Gasteiger partial charge in [-0.05, 0) is 41.4 Å². The fourth-order valence-electron chi connectivity index (χ4n) is 4.40. The summed E-state index contributed by atoms with van der Waals surface area (Å²) in [5, 5.41) is 11.3. The first-order valence-electron chi connectivity index (χ1n) is 14.8. The number of benzene rings is 3. The Kier molecular flexibility index (Phi) is 12.9. The second-order valence-electron chi connectivity index (χ2n) is 11.9. The minimum Gasteiger partial charge on any atom is -0.355 e. The number of rotatable bonds is 15. The molecular weight excluding hydrogens is 540 g/mol. The van der Waals surface area contributed by atoms with E-state index in [-0.39, 0.29) is 36.0 Å². The molecule has 0 saturated carbocycles. The van der Waals surface area contributed by atoms with E-state index in [4.69, 9.17) is 0 Å². The predicted molar refractivity (Wildman–Crippen MR) is 169 cm³/mol. The van der Waals surface area contributed by atoms with E-state index >= 15 is 0 Å². The van der Waals surface area contributed by atoms with Crippen LogP contribution in [-0.2, 0) is 38.6 Å². The van der Waals surface area contributed by atoms with Crippen LogP contribution in [0.4, 0.5) is 0 Å². The van der Waals surface area contributed by atoms with Crippen LogP contribution in [0.15, 0.2) is 91.0 Å². The van der Waals surface area contributed by atoms with Crippen molar-refractivity contribution in [3.63, 3.8) is 0 Å². The summed E-state index contributed by atoms with van der Waals surface area (Å²) in [4.78, 5) is 52.7. The van der Waals surface area contributed by atoms with Gasteiger partial charge in [0.15, 0.2) is 0 Å². The van der Waals surface area contributed by atoms with Gasteiger partial charge < -0.3 is 21.3 Å².